The first kappa shape index (κ1) is 17.7. The molecule has 0 heterocycles. The lowest BCUT2D eigenvalue weighted by Gasteiger charge is -2.01. The van der Waals surface area contributed by atoms with Gasteiger partial charge in [-0.1, -0.05) is 0 Å². The topological polar surface area (TPSA) is 106 Å². The number of aliphatic carboxylic acids is 1. The number of Topliss-reactive ketones (excluding diaryl/α,β-unsaturated/α-hetero) is 1. The van der Waals surface area contributed by atoms with Gasteiger partial charge in [0.2, 0.25) is 0 Å². The lowest BCUT2D eigenvalue weighted by Crippen LogP contribution is -2.34. The summed E-state index contributed by atoms with van der Waals surface area (Å²) in [6.45, 7) is -0.152. The SMILES string of the molecule is Cl.Cl.NCC(=O)C[C@H](N)C(=O)O. The summed E-state index contributed by atoms with van der Waals surface area (Å²) in [5, 5.41) is 8.21. The monoisotopic (exact) mass is 218 g/mol. The fourth-order valence-electron chi connectivity index (χ4n) is 0.416. The van der Waals surface area contributed by atoms with Gasteiger partial charge < -0.3 is 16.6 Å². The van der Waals surface area contributed by atoms with Crippen molar-refractivity contribution in [3.8, 4) is 0 Å². The van der Waals surface area contributed by atoms with E-state index in [1.54, 1.807) is 0 Å². The highest BCUT2D eigenvalue weighted by Crippen LogP contribution is 1.87. The van der Waals surface area contributed by atoms with Gasteiger partial charge in [-0.25, -0.2) is 0 Å². The zero-order valence-corrected chi connectivity index (χ0v) is 7.86. The molecule has 74 valence electrons. The highest BCUT2D eigenvalue weighted by Gasteiger charge is 2.14. The van der Waals surface area contributed by atoms with Gasteiger partial charge in [-0.15, -0.1) is 24.8 Å². The number of hydrogen-bond donors (Lipinski definition) is 3. The quantitative estimate of drug-likeness (QED) is 0.571. The maximum Gasteiger partial charge on any atom is 0.320 e. The Kier molecular flexibility index (Phi) is 12.8. The summed E-state index contributed by atoms with van der Waals surface area (Å²) in [4.78, 5) is 20.5. The fourth-order valence-corrected chi connectivity index (χ4v) is 0.416. The van der Waals surface area contributed by atoms with Crippen molar-refractivity contribution >= 4 is 36.6 Å². The Balaban J connectivity index is -0.000000405. The van der Waals surface area contributed by atoms with Crippen LogP contribution < -0.4 is 11.5 Å². The second-order valence-electron chi connectivity index (χ2n) is 1.89. The third kappa shape index (κ3) is 7.74. The van der Waals surface area contributed by atoms with Crippen LogP contribution in [0, 0.1) is 0 Å². The molecule has 5 N–H and O–H groups in total. The molecule has 0 aliphatic heterocycles. The predicted molar refractivity (Wildman–Crippen MR) is 48.8 cm³/mol. The van der Waals surface area contributed by atoms with Gasteiger partial charge in [0.15, 0.2) is 0 Å². The molecule has 0 radical (unpaired) electrons. The first-order chi connectivity index (χ1) is 4.57. The van der Waals surface area contributed by atoms with Crippen molar-refractivity contribution < 1.29 is 14.7 Å². The van der Waals surface area contributed by atoms with Gasteiger partial charge in [-0.3, -0.25) is 9.59 Å². The van der Waals surface area contributed by atoms with Crippen LogP contribution in [0.5, 0.6) is 0 Å². The predicted octanol–water partition coefficient (Wildman–Crippen LogP) is -0.840. The molecule has 0 spiro atoms. The molecular weight excluding hydrogens is 207 g/mol. The van der Waals surface area contributed by atoms with Crippen LogP contribution in [0.2, 0.25) is 0 Å². The third-order valence-electron chi connectivity index (χ3n) is 0.992. The van der Waals surface area contributed by atoms with Crippen molar-refractivity contribution in [2.75, 3.05) is 6.54 Å². The Labute approximate surface area is 82.3 Å². The van der Waals surface area contributed by atoms with Gasteiger partial charge in [0.1, 0.15) is 11.8 Å². The van der Waals surface area contributed by atoms with Gasteiger partial charge >= 0.3 is 5.97 Å². The summed E-state index contributed by atoms with van der Waals surface area (Å²) in [7, 11) is 0. The van der Waals surface area contributed by atoms with Gasteiger partial charge in [0.05, 0.1) is 6.54 Å². The van der Waals surface area contributed by atoms with Crippen LogP contribution in [0.25, 0.3) is 0 Å². The molecule has 0 fully saturated rings. The van der Waals surface area contributed by atoms with Crippen molar-refractivity contribution in [1.82, 2.24) is 0 Å². The molecule has 0 aromatic rings. The van der Waals surface area contributed by atoms with E-state index in [1.165, 1.54) is 0 Å². The number of carbonyl (C=O) groups excluding carboxylic acids is 1. The first-order valence-corrected chi connectivity index (χ1v) is 2.78. The van der Waals surface area contributed by atoms with Crippen LogP contribution in [-0.2, 0) is 9.59 Å². The highest BCUT2D eigenvalue weighted by atomic mass is 35.5. The maximum absolute atomic E-state index is 10.5. The summed E-state index contributed by atoms with van der Waals surface area (Å²) in [5.41, 5.74) is 9.94. The normalized spacial score (nSPS) is 10.5. The van der Waals surface area contributed by atoms with Gasteiger partial charge in [0.25, 0.3) is 0 Å². The van der Waals surface area contributed by atoms with Gasteiger partial charge in [0, 0.05) is 6.42 Å². The van der Waals surface area contributed by atoms with E-state index in [0.717, 1.165) is 0 Å². The molecule has 1 atom stereocenters. The van der Waals surface area contributed by atoms with Crippen molar-refractivity contribution in [1.29, 1.82) is 0 Å². The van der Waals surface area contributed by atoms with Crippen molar-refractivity contribution in [2.24, 2.45) is 11.5 Å². The average Bonchev–Trinajstić information content (AvgIpc) is 1.87. The molecule has 0 saturated carbocycles. The minimum absolute atomic E-state index is 0. The molecule has 0 amide bonds. The molecule has 12 heavy (non-hydrogen) atoms. The van der Waals surface area contributed by atoms with E-state index < -0.39 is 12.0 Å². The van der Waals surface area contributed by atoms with Crippen LogP contribution >= 0.6 is 24.8 Å². The minimum Gasteiger partial charge on any atom is -0.480 e. The number of rotatable bonds is 4. The standard InChI is InChI=1S/C5H10N2O3.2ClH/c6-2-3(8)1-4(7)5(9)10;;/h4H,1-2,6-7H2,(H,9,10);2*1H/t4-;;/m0../s1. The van der Waals surface area contributed by atoms with Crippen molar-refractivity contribution in [2.45, 2.75) is 12.5 Å². The molecule has 5 nitrogen and oxygen atoms in total. The summed E-state index contributed by atoms with van der Waals surface area (Å²) in [6, 6.07) is -1.11. The molecule has 0 aliphatic rings. The number of halogens is 2. The lowest BCUT2D eigenvalue weighted by molar-refractivity contribution is -0.140. The highest BCUT2D eigenvalue weighted by molar-refractivity contribution is 5.86. The number of carbonyl (C=O) groups is 2. The van der Waals surface area contributed by atoms with E-state index in [4.69, 9.17) is 16.6 Å². The molecular formula is C5H12Cl2N2O3. The molecule has 0 aliphatic carbocycles. The Morgan fingerprint density at radius 2 is 1.75 bits per heavy atom. The lowest BCUT2D eigenvalue weighted by atomic mass is 10.1. The van der Waals surface area contributed by atoms with E-state index in [2.05, 4.69) is 0 Å². The average molecular weight is 219 g/mol. The Morgan fingerprint density at radius 1 is 1.33 bits per heavy atom. The van der Waals surface area contributed by atoms with E-state index in [0.29, 0.717) is 0 Å². The molecule has 0 saturated heterocycles. The molecule has 0 unspecified atom stereocenters. The van der Waals surface area contributed by atoms with Crippen LogP contribution in [0.1, 0.15) is 6.42 Å². The molecule has 0 bridgehead atoms. The van der Waals surface area contributed by atoms with E-state index in [-0.39, 0.29) is 43.6 Å². The Hall–Kier alpha value is -0.360. The van der Waals surface area contributed by atoms with E-state index in [1.807, 2.05) is 0 Å². The smallest absolute Gasteiger partial charge is 0.320 e. The van der Waals surface area contributed by atoms with E-state index >= 15 is 0 Å². The summed E-state index contributed by atoms with van der Waals surface area (Å²) >= 11 is 0. The van der Waals surface area contributed by atoms with Crippen LogP contribution in [-0.4, -0.2) is 29.4 Å². The van der Waals surface area contributed by atoms with E-state index in [9.17, 15) is 9.59 Å². The number of carboxylic acid groups (broad SMARTS) is 1. The summed E-state index contributed by atoms with van der Waals surface area (Å²) < 4.78 is 0. The first-order valence-electron chi connectivity index (χ1n) is 2.78. The number of ketones is 1. The molecule has 0 rings (SSSR count). The number of hydrogen-bond acceptors (Lipinski definition) is 4. The largest absolute Gasteiger partial charge is 0.480 e. The molecule has 0 aromatic heterocycles. The summed E-state index contributed by atoms with van der Waals surface area (Å²) in [6.07, 6.45) is -0.189. The van der Waals surface area contributed by atoms with Crippen LogP contribution in [0.4, 0.5) is 0 Å². The van der Waals surface area contributed by atoms with Gasteiger partial charge in [-0.2, -0.15) is 0 Å². The number of nitrogens with two attached hydrogens (primary N) is 2. The second-order valence-corrected chi connectivity index (χ2v) is 1.89. The Bertz CT molecular complexity index is 154. The third-order valence-corrected chi connectivity index (χ3v) is 0.992. The van der Waals surface area contributed by atoms with Crippen LogP contribution in [0.3, 0.4) is 0 Å². The van der Waals surface area contributed by atoms with Crippen molar-refractivity contribution in [3.05, 3.63) is 0 Å². The zero-order valence-electron chi connectivity index (χ0n) is 6.23. The summed E-state index contributed by atoms with van der Waals surface area (Å²) in [5.74, 6) is -1.52. The second kappa shape index (κ2) is 8.73. The van der Waals surface area contributed by atoms with Crippen molar-refractivity contribution in [3.63, 3.8) is 0 Å². The Morgan fingerprint density at radius 3 is 2.00 bits per heavy atom. The fraction of sp³-hybridized carbons (Fsp3) is 0.600. The van der Waals surface area contributed by atoms with Gasteiger partial charge in [-0.05, 0) is 0 Å². The molecule has 7 heteroatoms. The minimum atomic E-state index is -1.18. The molecule has 0 aromatic carbocycles. The van der Waals surface area contributed by atoms with Crippen LogP contribution in [0.15, 0.2) is 0 Å². The zero-order chi connectivity index (χ0) is 8.15. The number of carboxylic acids is 1. The maximum atomic E-state index is 10.5.